The summed E-state index contributed by atoms with van der Waals surface area (Å²) >= 11 is 6.08. The fourth-order valence-corrected chi connectivity index (χ4v) is 3.95. The molecule has 152 valence electrons. The molecule has 1 saturated heterocycles. The van der Waals surface area contributed by atoms with E-state index < -0.39 is 5.97 Å². The lowest BCUT2D eigenvalue weighted by molar-refractivity contribution is -0.136. The van der Waals surface area contributed by atoms with E-state index in [1.165, 1.54) is 0 Å². The number of carbonyl (C=O) groups is 1. The number of aliphatic carboxylic acids is 1. The fourth-order valence-electron chi connectivity index (χ4n) is 3.70. The SMILES string of the molecule is [B]c1cnc(N2C[C@@H](C)N(CCOc3cc(Cl)cc(CC(=O)O)c3)[C@@H](C)C2)nc1. The first-order valence-electron chi connectivity index (χ1n) is 9.54. The predicted octanol–water partition coefficient (Wildman–Crippen LogP) is 1.53. The van der Waals surface area contributed by atoms with Gasteiger partial charge in [-0.3, -0.25) is 9.69 Å². The molecule has 1 aromatic heterocycles. The number of halogens is 1. The standard InChI is InChI=1S/C20H24BClN4O3/c1-13-11-25(20-23-9-16(21)10-24-20)12-14(2)26(13)3-4-29-18-6-15(7-19(27)28)5-17(22)8-18/h5-6,8-10,13-14H,3-4,7,11-12H2,1-2H3,(H,27,28)/t13-,14+. The number of aromatic nitrogens is 2. The van der Waals surface area contributed by atoms with Crippen LogP contribution in [0.3, 0.4) is 0 Å². The minimum Gasteiger partial charge on any atom is -0.492 e. The van der Waals surface area contributed by atoms with Crippen LogP contribution in [-0.4, -0.2) is 72.1 Å². The van der Waals surface area contributed by atoms with Crippen molar-refractivity contribution in [1.82, 2.24) is 14.9 Å². The maximum atomic E-state index is 10.9. The normalized spacial score (nSPS) is 19.9. The molecule has 1 fully saturated rings. The average molecular weight is 415 g/mol. The Kier molecular flexibility index (Phi) is 6.98. The van der Waals surface area contributed by atoms with Crippen molar-refractivity contribution in [3.05, 3.63) is 41.2 Å². The molecule has 2 aromatic rings. The van der Waals surface area contributed by atoms with E-state index in [1.807, 2.05) is 0 Å². The van der Waals surface area contributed by atoms with Crippen LogP contribution in [0.1, 0.15) is 19.4 Å². The summed E-state index contributed by atoms with van der Waals surface area (Å²) in [4.78, 5) is 24.1. The lowest BCUT2D eigenvalue weighted by atomic mass is 10.0. The Balaban J connectivity index is 1.55. The molecule has 0 bridgehead atoms. The lowest BCUT2D eigenvalue weighted by Gasteiger charge is -2.44. The number of nitrogens with zero attached hydrogens (tertiary/aromatic N) is 4. The highest BCUT2D eigenvalue weighted by molar-refractivity contribution is 6.31. The third-order valence-electron chi connectivity index (χ3n) is 4.95. The third-order valence-corrected chi connectivity index (χ3v) is 5.17. The maximum absolute atomic E-state index is 10.9. The molecule has 2 radical (unpaired) electrons. The Labute approximate surface area is 177 Å². The van der Waals surface area contributed by atoms with Gasteiger partial charge >= 0.3 is 5.97 Å². The Bertz CT molecular complexity index is 840. The maximum Gasteiger partial charge on any atom is 0.307 e. The third kappa shape index (κ3) is 5.84. The van der Waals surface area contributed by atoms with Crippen molar-refractivity contribution in [2.75, 3.05) is 31.1 Å². The van der Waals surface area contributed by atoms with E-state index in [0.29, 0.717) is 46.4 Å². The molecule has 9 heteroatoms. The van der Waals surface area contributed by atoms with Crippen LogP contribution in [0.15, 0.2) is 30.6 Å². The topological polar surface area (TPSA) is 78.8 Å². The van der Waals surface area contributed by atoms with Gasteiger partial charge in [0.15, 0.2) is 0 Å². The molecule has 0 amide bonds. The highest BCUT2D eigenvalue weighted by Gasteiger charge is 2.30. The van der Waals surface area contributed by atoms with Crippen LogP contribution >= 0.6 is 11.6 Å². The van der Waals surface area contributed by atoms with E-state index in [2.05, 4.69) is 33.6 Å². The zero-order valence-corrected chi connectivity index (χ0v) is 17.3. The number of anilines is 1. The molecule has 2 heterocycles. The minimum atomic E-state index is -0.899. The zero-order chi connectivity index (χ0) is 21.0. The predicted molar refractivity (Wildman–Crippen MR) is 114 cm³/mol. The number of carboxylic acid groups (broad SMARTS) is 1. The highest BCUT2D eigenvalue weighted by atomic mass is 35.5. The molecular weight excluding hydrogens is 391 g/mol. The minimum absolute atomic E-state index is 0.0832. The van der Waals surface area contributed by atoms with Crippen LogP contribution in [0.2, 0.25) is 5.02 Å². The Morgan fingerprint density at radius 1 is 1.24 bits per heavy atom. The second-order valence-corrected chi connectivity index (χ2v) is 7.81. The summed E-state index contributed by atoms with van der Waals surface area (Å²) in [5.74, 6) is 0.380. The first kappa shape index (κ1) is 21.4. The summed E-state index contributed by atoms with van der Waals surface area (Å²) < 4.78 is 5.86. The first-order chi connectivity index (χ1) is 13.8. The van der Waals surface area contributed by atoms with Gasteiger partial charge in [-0.25, -0.2) is 9.97 Å². The molecule has 1 N–H and O–H groups in total. The van der Waals surface area contributed by atoms with E-state index in [1.54, 1.807) is 30.6 Å². The van der Waals surface area contributed by atoms with Gasteiger partial charge in [0.1, 0.15) is 20.2 Å². The number of benzene rings is 1. The van der Waals surface area contributed by atoms with Crippen molar-refractivity contribution in [3.8, 4) is 5.75 Å². The number of ether oxygens (including phenoxy) is 1. The molecule has 1 aromatic carbocycles. The molecule has 0 aliphatic carbocycles. The van der Waals surface area contributed by atoms with Gasteiger partial charge in [-0.2, -0.15) is 0 Å². The lowest BCUT2D eigenvalue weighted by Crippen LogP contribution is -2.58. The van der Waals surface area contributed by atoms with Crippen LogP contribution in [0.25, 0.3) is 0 Å². The van der Waals surface area contributed by atoms with Crippen molar-refractivity contribution in [2.45, 2.75) is 32.4 Å². The first-order valence-corrected chi connectivity index (χ1v) is 9.92. The van der Waals surface area contributed by atoms with E-state index >= 15 is 0 Å². The van der Waals surface area contributed by atoms with Gasteiger partial charge in [-0.05, 0) is 37.6 Å². The zero-order valence-electron chi connectivity index (χ0n) is 16.6. The molecule has 3 rings (SSSR count). The quantitative estimate of drug-likeness (QED) is 0.688. The molecule has 1 aliphatic rings. The molecule has 2 atom stereocenters. The molecule has 29 heavy (non-hydrogen) atoms. The van der Waals surface area contributed by atoms with Crippen LogP contribution in [0, 0.1) is 0 Å². The average Bonchev–Trinajstić information content (AvgIpc) is 2.63. The van der Waals surface area contributed by atoms with Crippen molar-refractivity contribution in [3.63, 3.8) is 0 Å². The van der Waals surface area contributed by atoms with Crippen molar-refractivity contribution < 1.29 is 14.6 Å². The smallest absolute Gasteiger partial charge is 0.307 e. The molecule has 0 spiro atoms. The van der Waals surface area contributed by atoms with Crippen molar-refractivity contribution in [2.24, 2.45) is 0 Å². The van der Waals surface area contributed by atoms with Gasteiger partial charge in [-0.1, -0.05) is 17.1 Å². The number of carboxylic acids is 1. The second-order valence-electron chi connectivity index (χ2n) is 7.37. The molecule has 1 aliphatic heterocycles. The molecule has 0 unspecified atom stereocenters. The fraction of sp³-hybridized carbons (Fsp3) is 0.450. The largest absolute Gasteiger partial charge is 0.492 e. The Morgan fingerprint density at radius 3 is 2.52 bits per heavy atom. The summed E-state index contributed by atoms with van der Waals surface area (Å²) in [5, 5.41) is 9.43. The van der Waals surface area contributed by atoms with E-state index in [-0.39, 0.29) is 6.42 Å². The molecule has 7 nitrogen and oxygen atoms in total. The highest BCUT2D eigenvalue weighted by Crippen LogP contribution is 2.23. The molecule has 0 saturated carbocycles. The van der Waals surface area contributed by atoms with Gasteiger partial charge in [0.25, 0.3) is 0 Å². The van der Waals surface area contributed by atoms with E-state index in [0.717, 1.165) is 19.6 Å². The van der Waals surface area contributed by atoms with Gasteiger partial charge in [0.05, 0.1) is 6.42 Å². The van der Waals surface area contributed by atoms with Crippen LogP contribution in [0.4, 0.5) is 5.95 Å². The number of rotatable bonds is 7. The summed E-state index contributed by atoms with van der Waals surface area (Å²) in [7, 11) is 5.67. The van der Waals surface area contributed by atoms with Crippen LogP contribution in [-0.2, 0) is 11.2 Å². The van der Waals surface area contributed by atoms with Crippen molar-refractivity contribution in [1.29, 1.82) is 0 Å². The Morgan fingerprint density at radius 2 is 1.90 bits per heavy atom. The van der Waals surface area contributed by atoms with Crippen LogP contribution < -0.4 is 15.1 Å². The van der Waals surface area contributed by atoms with Crippen LogP contribution in [0.5, 0.6) is 5.75 Å². The van der Waals surface area contributed by atoms with E-state index in [9.17, 15) is 4.79 Å². The number of hydrogen-bond donors (Lipinski definition) is 1. The monoisotopic (exact) mass is 414 g/mol. The second kappa shape index (κ2) is 9.46. The summed E-state index contributed by atoms with van der Waals surface area (Å²) in [6, 6.07) is 5.67. The summed E-state index contributed by atoms with van der Waals surface area (Å²) in [5.41, 5.74) is 1.18. The Hall–Kier alpha value is -2.32. The number of hydrogen-bond acceptors (Lipinski definition) is 6. The van der Waals surface area contributed by atoms with Gasteiger partial charge < -0.3 is 14.7 Å². The summed E-state index contributed by atoms with van der Waals surface area (Å²) in [6.45, 7) is 7.20. The summed E-state index contributed by atoms with van der Waals surface area (Å²) in [6.07, 6.45) is 3.17. The van der Waals surface area contributed by atoms with Gasteiger partial charge in [0.2, 0.25) is 5.95 Å². The van der Waals surface area contributed by atoms with Crippen molar-refractivity contribution >= 4 is 36.8 Å². The molecular formula is C20H24BClN4O3. The number of piperazine rings is 1. The van der Waals surface area contributed by atoms with Gasteiger partial charge in [-0.15, -0.1) is 0 Å². The van der Waals surface area contributed by atoms with E-state index in [4.69, 9.17) is 29.3 Å². The van der Waals surface area contributed by atoms with Gasteiger partial charge in [0, 0.05) is 49.1 Å².